The van der Waals surface area contributed by atoms with Gasteiger partial charge in [0.1, 0.15) is 17.1 Å². The molecule has 0 amide bonds. The molecule has 1 atom stereocenters. The van der Waals surface area contributed by atoms with Gasteiger partial charge in [-0.2, -0.15) is 5.26 Å². The van der Waals surface area contributed by atoms with Gasteiger partial charge in [-0.3, -0.25) is 4.98 Å². The number of benzene rings is 3. The Morgan fingerprint density at radius 1 is 0.696 bits per heavy atom. The molecule has 4 rings (SSSR count). The minimum absolute atomic E-state index is 0.211. The van der Waals surface area contributed by atoms with Crippen LogP contribution in [0.3, 0.4) is 0 Å². The zero-order valence-corrected chi connectivity index (χ0v) is 28.4. The molecule has 0 aliphatic rings. The fraction of sp³-hybridized carbons (Fsp3) is 0.351. The van der Waals surface area contributed by atoms with Crippen molar-refractivity contribution in [1.29, 1.82) is 5.26 Å². The molecule has 0 saturated heterocycles. The highest BCUT2D eigenvalue weighted by Gasteiger charge is 2.38. The highest BCUT2D eigenvalue weighted by atomic mass is 31.2. The summed E-state index contributed by atoms with van der Waals surface area (Å²) in [7, 11) is 1.94. The van der Waals surface area contributed by atoms with Crippen molar-refractivity contribution in [2.24, 2.45) is 0 Å². The van der Waals surface area contributed by atoms with Gasteiger partial charge < -0.3 is 23.3 Å². The lowest BCUT2D eigenvalue weighted by atomic mass is 9.80. The predicted molar refractivity (Wildman–Crippen MR) is 181 cm³/mol. The van der Waals surface area contributed by atoms with Gasteiger partial charge >= 0.3 is 0 Å². The van der Waals surface area contributed by atoms with Crippen molar-refractivity contribution < 1.29 is 23.3 Å². The standard InChI is InChI=1S/C37H44N3O5P/c1-28(2)40(29(3)4)46(44-25-11-24-38)45-27-34-15-10-14-33(39-34)26-43-37(30-12-8-7-9-13-30,31-16-20-35(41-5)21-17-31)32-18-22-36(42-6)23-19-32/h7-10,12-23,28-29H,11,25-27H2,1-6H3. The van der Waals surface area contributed by atoms with Gasteiger partial charge in [-0.15, -0.1) is 0 Å². The molecule has 0 fully saturated rings. The van der Waals surface area contributed by atoms with E-state index in [0.29, 0.717) is 13.0 Å². The van der Waals surface area contributed by atoms with Crippen LogP contribution in [0.25, 0.3) is 0 Å². The molecule has 8 nitrogen and oxygen atoms in total. The molecule has 0 bridgehead atoms. The van der Waals surface area contributed by atoms with Crippen LogP contribution in [0.5, 0.6) is 11.5 Å². The molecule has 1 heterocycles. The van der Waals surface area contributed by atoms with Crippen molar-refractivity contribution in [2.75, 3.05) is 20.8 Å². The molecule has 242 valence electrons. The third-order valence-electron chi connectivity index (χ3n) is 7.46. The first kappa shape index (κ1) is 35.0. The van der Waals surface area contributed by atoms with Gasteiger partial charge in [0.15, 0.2) is 0 Å². The topological polar surface area (TPSA) is 86.1 Å². The summed E-state index contributed by atoms with van der Waals surface area (Å²) >= 11 is 0. The van der Waals surface area contributed by atoms with Crippen LogP contribution in [0.15, 0.2) is 97.1 Å². The van der Waals surface area contributed by atoms with Crippen LogP contribution >= 0.6 is 8.53 Å². The number of methoxy groups -OCH3 is 2. The van der Waals surface area contributed by atoms with Crippen LogP contribution in [0.1, 0.15) is 62.2 Å². The number of rotatable bonds is 17. The lowest BCUT2D eigenvalue weighted by Crippen LogP contribution is -2.33. The first-order chi connectivity index (χ1) is 22.3. The lowest BCUT2D eigenvalue weighted by molar-refractivity contribution is -0.00157. The maximum absolute atomic E-state index is 9.04. The largest absolute Gasteiger partial charge is 0.497 e. The van der Waals surface area contributed by atoms with E-state index in [1.165, 1.54) is 0 Å². The summed E-state index contributed by atoms with van der Waals surface area (Å²) in [5, 5.41) is 9.04. The summed E-state index contributed by atoms with van der Waals surface area (Å²) in [6.07, 6.45) is 0.308. The van der Waals surface area contributed by atoms with Crippen molar-refractivity contribution in [1.82, 2.24) is 9.65 Å². The summed E-state index contributed by atoms with van der Waals surface area (Å²) in [5.74, 6) is 1.53. The van der Waals surface area contributed by atoms with Gasteiger partial charge in [-0.25, -0.2) is 4.67 Å². The molecule has 0 saturated carbocycles. The number of aromatic nitrogens is 1. The van der Waals surface area contributed by atoms with Crippen LogP contribution in [-0.2, 0) is 32.6 Å². The average Bonchev–Trinajstić information content (AvgIpc) is 3.08. The Kier molecular flexibility index (Phi) is 13.1. The Morgan fingerprint density at radius 2 is 1.22 bits per heavy atom. The number of hydrogen-bond acceptors (Lipinski definition) is 8. The maximum atomic E-state index is 9.04. The Hall–Kier alpha value is -3.83. The van der Waals surface area contributed by atoms with E-state index in [4.69, 9.17) is 33.5 Å². The second-order valence-electron chi connectivity index (χ2n) is 11.2. The minimum atomic E-state index is -1.38. The van der Waals surface area contributed by atoms with Gasteiger partial charge in [0.05, 0.1) is 57.9 Å². The summed E-state index contributed by atoms with van der Waals surface area (Å²) in [4.78, 5) is 4.92. The van der Waals surface area contributed by atoms with Crippen LogP contribution in [0.4, 0.5) is 0 Å². The third kappa shape index (κ3) is 8.70. The Balaban J connectivity index is 1.65. The van der Waals surface area contributed by atoms with Crippen LogP contribution in [0, 0.1) is 11.3 Å². The lowest BCUT2D eigenvalue weighted by Gasteiger charge is -2.36. The third-order valence-corrected chi connectivity index (χ3v) is 9.51. The van der Waals surface area contributed by atoms with Crippen molar-refractivity contribution in [2.45, 2.75) is 65.0 Å². The van der Waals surface area contributed by atoms with Gasteiger partial charge in [0.25, 0.3) is 8.53 Å². The van der Waals surface area contributed by atoms with Crippen LogP contribution < -0.4 is 9.47 Å². The quantitative estimate of drug-likeness (QED) is 0.0646. The van der Waals surface area contributed by atoms with E-state index in [9.17, 15) is 0 Å². The molecule has 0 spiro atoms. The smallest absolute Gasteiger partial charge is 0.259 e. The van der Waals surface area contributed by atoms with Crippen molar-refractivity contribution >= 4 is 8.53 Å². The molecule has 4 aromatic rings. The number of hydrogen-bond donors (Lipinski definition) is 0. The summed E-state index contributed by atoms with van der Waals surface area (Å²) in [6, 6.07) is 34.6. The van der Waals surface area contributed by atoms with Gasteiger partial charge in [-0.1, -0.05) is 60.7 Å². The molecule has 0 aliphatic carbocycles. The Labute approximate surface area is 274 Å². The van der Waals surface area contributed by atoms with E-state index in [2.05, 4.69) is 50.6 Å². The second-order valence-corrected chi connectivity index (χ2v) is 12.7. The molecule has 1 unspecified atom stereocenters. The number of pyridine rings is 1. The molecular formula is C37H44N3O5P. The number of ether oxygens (including phenoxy) is 3. The highest BCUT2D eigenvalue weighted by Crippen LogP contribution is 2.47. The summed E-state index contributed by atoms with van der Waals surface area (Å²) in [5.41, 5.74) is 3.46. The minimum Gasteiger partial charge on any atom is -0.497 e. The number of nitriles is 1. The Bertz CT molecular complexity index is 1470. The highest BCUT2D eigenvalue weighted by molar-refractivity contribution is 7.44. The fourth-order valence-electron chi connectivity index (χ4n) is 5.38. The number of nitrogens with zero attached hydrogens (tertiary/aromatic N) is 3. The van der Waals surface area contributed by atoms with Crippen LogP contribution in [0.2, 0.25) is 0 Å². The van der Waals surface area contributed by atoms with E-state index >= 15 is 0 Å². The zero-order chi connectivity index (χ0) is 32.9. The zero-order valence-electron chi connectivity index (χ0n) is 27.6. The van der Waals surface area contributed by atoms with E-state index in [1.807, 2.05) is 84.9 Å². The first-order valence-electron chi connectivity index (χ1n) is 15.5. The molecule has 0 aliphatic heterocycles. The molecule has 0 radical (unpaired) electrons. The van der Waals surface area contributed by atoms with E-state index in [-0.39, 0.29) is 25.3 Å². The van der Waals surface area contributed by atoms with Crippen molar-refractivity contribution in [3.63, 3.8) is 0 Å². The maximum Gasteiger partial charge on any atom is 0.259 e. The fourth-order valence-corrected chi connectivity index (χ4v) is 6.97. The summed E-state index contributed by atoms with van der Waals surface area (Å²) in [6.45, 7) is 9.29. The summed E-state index contributed by atoms with van der Waals surface area (Å²) < 4.78 is 32.6. The van der Waals surface area contributed by atoms with Gasteiger partial charge in [0.2, 0.25) is 0 Å². The monoisotopic (exact) mass is 641 g/mol. The van der Waals surface area contributed by atoms with E-state index in [0.717, 1.165) is 39.6 Å². The van der Waals surface area contributed by atoms with Crippen molar-refractivity contribution in [3.05, 3.63) is 125 Å². The predicted octanol–water partition coefficient (Wildman–Crippen LogP) is 8.40. The average molecular weight is 642 g/mol. The molecule has 0 N–H and O–H groups in total. The van der Waals surface area contributed by atoms with Crippen molar-refractivity contribution in [3.8, 4) is 17.6 Å². The first-order valence-corrected chi connectivity index (χ1v) is 16.6. The normalized spacial score (nSPS) is 12.3. The van der Waals surface area contributed by atoms with Gasteiger partial charge in [0, 0.05) is 12.1 Å². The van der Waals surface area contributed by atoms with E-state index in [1.54, 1.807) is 14.2 Å². The molecule has 3 aromatic carbocycles. The second kappa shape index (κ2) is 17.2. The Morgan fingerprint density at radius 3 is 1.72 bits per heavy atom. The molecule has 9 heteroatoms. The molecule has 46 heavy (non-hydrogen) atoms. The molecule has 1 aromatic heterocycles. The van der Waals surface area contributed by atoms with Gasteiger partial charge in [-0.05, 0) is 80.8 Å². The van der Waals surface area contributed by atoms with Crippen LogP contribution in [-0.4, -0.2) is 42.6 Å². The molecular weight excluding hydrogens is 597 g/mol. The van der Waals surface area contributed by atoms with E-state index < -0.39 is 14.1 Å². The SMILES string of the molecule is COc1ccc(C(OCc2cccc(COP(OCCC#N)N(C(C)C)C(C)C)n2)(c2ccccc2)c2ccc(OC)cc2)cc1.